The molecule has 1 atom stereocenters. The maximum absolute atomic E-state index is 13.0. The van der Waals surface area contributed by atoms with Crippen LogP contribution >= 0.6 is 0 Å². The van der Waals surface area contributed by atoms with Crippen LogP contribution in [0.25, 0.3) is 0 Å². The van der Waals surface area contributed by atoms with Crippen molar-refractivity contribution < 1.29 is 18.7 Å². The quantitative estimate of drug-likeness (QED) is 0.887. The lowest BCUT2D eigenvalue weighted by atomic mass is 10.1. The molecule has 2 rings (SSSR count). The van der Waals surface area contributed by atoms with Crippen molar-refractivity contribution in [3.05, 3.63) is 65.0 Å². The summed E-state index contributed by atoms with van der Waals surface area (Å²) < 4.78 is 23.3. The predicted octanol–water partition coefficient (Wildman–Crippen LogP) is 3.47. The molecule has 0 aromatic heterocycles. The molecular formula is C18H20FNO3. The molecule has 122 valence electrons. The van der Waals surface area contributed by atoms with Gasteiger partial charge < -0.3 is 14.8 Å². The summed E-state index contributed by atoms with van der Waals surface area (Å²) in [5.74, 6) is 0.170. The average Bonchev–Trinajstić information content (AvgIpc) is 2.55. The van der Waals surface area contributed by atoms with Crippen molar-refractivity contribution in [2.75, 3.05) is 14.2 Å². The van der Waals surface area contributed by atoms with E-state index in [9.17, 15) is 9.18 Å². The summed E-state index contributed by atoms with van der Waals surface area (Å²) >= 11 is 0. The number of halogens is 1. The summed E-state index contributed by atoms with van der Waals surface area (Å²) in [6.07, 6.45) is 0. The van der Waals surface area contributed by atoms with Gasteiger partial charge in [0.05, 0.1) is 19.8 Å². The zero-order valence-corrected chi connectivity index (χ0v) is 13.4. The highest BCUT2D eigenvalue weighted by Gasteiger charge is 2.14. The van der Waals surface area contributed by atoms with Crippen LogP contribution in [0, 0.1) is 5.82 Å². The standard InChI is InChI=1S/C18H20FNO3/c1-12(13-4-7-16(19)8-5-13)20-18(21)14-6-9-17(23-3)15(10-14)11-22-2/h4-10,12H,11H2,1-3H3,(H,20,21)/t12-/m1/s1. The van der Waals surface area contributed by atoms with Crippen molar-refractivity contribution in [2.24, 2.45) is 0 Å². The smallest absolute Gasteiger partial charge is 0.251 e. The fraction of sp³-hybridized carbons (Fsp3) is 0.278. The number of rotatable bonds is 6. The summed E-state index contributed by atoms with van der Waals surface area (Å²) in [4.78, 5) is 12.4. The summed E-state index contributed by atoms with van der Waals surface area (Å²) in [7, 11) is 3.16. The number of amides is 1. The van der Waals surface area contributed by atoms with Crippen LogP contribution in [0.4, 0.5) is 4.39 Å². The lowest BCUT2D eigenvalue weighted by Crippen LogP contribution is -2.26. The first-order chi connectivity index (χ1) is 11.0. The van der Waals surface area contributed by atoms with Gasteiger partial charge in [-0.1, -0.05) is 12.1 Å². The number of benzene rings is 2. The van der Waals surface area contributed by atoms with E-state index in [1.807, 2.05) is 6.92 Å². The first-order valence-corrected chi connectivity index (χ1v) is 7.27. The van der Waals surface area contributed by atoms with Gasteiger partial charge in [0.25, 0.3) is 5.91 Å². The minimum Gasteiger partial charge on any atom is -0.496 e. The molecule has 4 nitrogen and oxygen atoms in total. The first kappa shape index (κ1) is 17.0. The van der Waals surface area contributed by atoms with Crippen molar-refractivity contribution in [3.8, 4) is 5.75 Å². The zero-order valence-electron chi connectivity index (χ0n) is 13.4. The van der Waals surface area contributed by atoms with Crippen molar-refractivity contribution >= 4 is 5.91 Å². The Bertz CT molecular complexity index is 670. The third-order valence-electron chi connectivity index (χ3n) is 3.56. The zero-order chi connectivity index (χ0) is 16.8. The van der Waals surface area contributed by atoms with E-state index in [2.05, 4.69) is 5.32 Å². The molecule has 23 heavy (non-hydrogen) atoms. The van der Waals surface area contributed by atoms with Gasteiger partial charge in [0.1, 0.15) is 11.6 Å². The van der Waals surface area contributed by atoms with Crippen LogP contribution in [0.2, 0.25) is 0 Å². The fourth-order valence-electron chi connectivity index (χ4n) is 2.30. The van der Waals surface area contributed by atoms with Gasteiger partial charge in [0.15, 0.2) is 0 Å². The summed E-state index contributed by atoms with van der Waals surface area (Å²) in [5.41, 5.74) is 2.16. The Morgan fingerprint density at radius 2 is 1.87 bits per heavy atom. The first-order valence-electron chi connectivity index (χ1n) is 7.27. The Morgan fingerprint density at radius 1 is 1.17 bits per heavy atom. The topological polar surface area (TPSA) is 47.6 Å². The normalized spacial score (nSPS) is 11.8. The van der Waals surface area contributed by atoms with Crippen molar-refractivity contribution in [1.82, 2.24) is 5.32 Å². The lowest BCUT2D eigenvalue weighted by molar-refractivity contribution is 0.0939. The molecule has 0 aliphatic rings. The summed E-state index contributed by atoms with van der Waals surface area (Å²) in [5, 5.41) is 2.90. The van der Waals surface area contributed by atoms with E-state index < -0.39 is 0 Å². The Balaban J connectivity index is 2.13. The van der Waals surface area contributed by atoms with E-state index in [1.54, 1.807) is 44.6 Å². The molecule has 0 bridgehead atoms. The second-order valence-electron chi connectivity index (χ2n) is 5.21. The van der Waals surface area contributed by atoms with E-state index in [-0.39, 0.29) is 17.8 Å². The van der Waals surface area contributed by atoms with Gasteiger partial charge in [-0.05, 0) is 42.8 Å². The molecule has 5 heteroatoms. The molecule has 2 aromatic carbocycles. The maximum atomic E-state index is 13.0. The van der Waals surface area contributed by atoms with Gasteiger partial charge in [0, 0.05) is 18.2 Å². The molecular weight excluding hydrogens is 297 g/mol. The van der Waals surface area contributed by atoms with E-state index in [0.717, 1.165) is 11.1 Å². The van der Waals surface area contributed by atoms with Crippen molar-refractivity contribution in [2.45, 2.75) is 19.6 Å². The van der Waals surface area contributed by atoms with Crippen LogP contribution in [-0.2, 0) is 11.3 Å². The molecule has 1 amide bonds. The van der Waals surface area contributed by atoms with Crippen LogP contribution < -0.4 is 10.1 Å². The van der Waals surface area contributed by atoms with Crippen LogP contribution in [0.15, 0.2) is 42.5 Å². The van der Waals surface area contributed by atoms with Gasteiger partial charge in [0.2, 0.25) is 0 Å². The van der Waals surface area contributed by atoms with Gasteiger partial charge in [-0.25, -0.2) is 4.39 Å². The second kappa shape index (κ2) is 7.74. The number of methoxy groups -OCH3 is 2. The largest absolute Gasteiger partial charge is 0.496 e. The molecule has 0 aliphatic heterocycles. The van der Waals surface area contributed by atoms with Crippen LogP contribution in [0.3, 0.4) is 0 Å². The molecule has 0 radical (unpaired) electrons. The van der Waals surface area contributed by atoms with Crippen molar-refractivity contribution in [1.29, 1.82) is 0 Å². The number of carbonyl (C=O) groups excluding carboxylic acids is 1. The molecule has 2 aromatic rings. The van der Waals surface area contributed by atoms with E-state index in [4.69, 9.17) is 9.47 Å². The Kier molecular flexibility index (Phi) is 5.71. The predicted molar refractivity (Wildman–Crippen MR) is 86.0 cm³/mol. The average molecular weight is 317 g/mol. The Hall–Kier alpha value is -2.40. The molecule has 0 saturated carbocycles. The lowest BCUT2D eigenvalue weighted by Gasteiger charge is -2.15. The van der Waals surface area contributed by atoms with Crippen molar-refractivity contribution in [3.63, 3.8) is 0 Å². The van der Waals surface area contributed by atoms with Gasteiger partial charge in [-0.3, -0.25) is 4.79 Å². The number of hydrogen-bond acceptors (Lipinski definition) is 3. The van der Waals surface area contributed by atoms with Gasteiger partial charge >= 0.3 is 0 Å². The SMILES string of the molecule is COCc1cc(C(=O)N[C@H](C)c2ccc(F)cc2)ccc1OC. The maximum Gasteiger partial charge on any atom is 0.251 e. The number of ether oxygens (including phenoxy) is 2. The summed E-state index contributed by atoms with van der Waals surface area (Å²) in [6, 6.07) is 11.0. The van der Waals surface area contributed by atoms with Crippen LogP contribution in [-0.4, -0.2) is 20.1 Å². The highest BCUT2D eigenvalue weighted by Crippen LogP contribution is 2.21. The van der Waals surface area contributed by atoms with Gasteiger partial charge in [-0.15, -0.1) is 0 Å². The third-order valence-corrected chi connectivity index (χ3v) is 3.56. The molecule has 0 aliphatic carbocycles. The molecule has 0 unspecified atom stereocenters. The number of carbonyl (C=O) groups is 1. The highest BCUT2D eigenvalue weighted by molar-refractivity contribution is 5.94. The second-order valence-corrected chi connectivity index (χ2v) is 5.21. The number of hydrogen-bond donors (Lipinski definition) is 1. The molecule has 0 spiro atoms. The fourth-order valence-corrected chi connectivity index (χ4v) is 2.30. The Labute approximate surface area is 135 Å². The van der Waals surface area contributed by atoms with Crippen LogP contribution in [0.5, 0.6) is 5.75 Å². The summed E-state index contributed by atoms with van der Waals surface area (Å²) in [6.45, 7) is 2.21. The minimum atomic E-state index is -0.299. The van der Waals surface area contributed by atoms with E-state index in [1.165, 1.54) is 12.1 Å². The van der Waals surface area contributed by atoms with E-state index >= 15 is 0 Å². The minimum absolute atomic E-state index is 0.207. The monoisotopic (exact) mass is 317 g/mol. The molecule has 0 fully saturated rings. The van der Waals surface area contributed by atoms with E-state index in [0.29, 0.717) is 17.9 Å². The molecule has 0 saturated heterocycles. The molecule has 0 heterocycles. The Morgan fingerprint density at radius 3 is 2.48 bits per heavy atom. The van der Waals surface area contributed by atoms with Crippen LogP contribution in [0.1, 0.15) is 34.5 Å². The highest BCUT2D eigenvalue weighted by atomic mass is 19.1. The third kappa shape index (κ3) is 4.29. The molecule has 1 N–H and O–H groups in total. The number of nitrogens with one attached hydrogen (secondary N) is 1. The van der Waals surface area contributed by atoms with Gasteiger partial charge in [-0.2, -0.15) is 0 Å².